The van der Waals surface area contributed by atoms with E-state index in [1.807, 2.05) is 0 Å². The average Bonchev–Trinajstić information content (AvgIpc) is 2.75. The minimum Gasteiger partial charge on any atom is -0.445 e. The van der Waals surface area contributed by atoms with Gasteiger partial charge >= 0.3 is 18.4 Å². The molecular formula is C20H19F6NO5. The van der Waals surface area contributed by atoms with Gasteiger partial charge in [-0.3, -0.25) is 0 Å². The molecule has 1 amide bonds. The van der Waals surface area contributed by atoms with Crippen LogP contribution in [0.2, 0.25) is 0 Å². The fourth-order valence-electron chi connectivity index (χ4n) is 2.43. The molecule has 0 radical (unpaired) electrons. The van der Waals surface area contributed by atoms with Crippen LogP contribution in [-0.2, 0) is 11.3 Å². The number of halogens is 6. The van der Waals surface area contributed by atoms with Crippen molar-refractivity contribution in [2.75, 3.05) is 6.54 Å². The molecule has 2 aromatic rings. The molecule has 0 bridgehead atoms. The van der Waals surface area contributed by atoms with Gasteiger partial charge in [0, 0.05) is 6.54 Å². The van der Waals surface area contributed by atoms with Gasteiger partial charge < -0.3 is 25.0 Å². The predicted octanol–water partition coefficient (Wildman–Crippen LogP) is 3.88. The number of aliphatic hydroxyl groups is 2. The van der Waals surface area contributed by atoms with Gasteiger partial charge in [0.15, 0.2) is 0 Å². The summed E-state index contributed by atoms with van der Waals surface area (Å²) in [6.07, 6.45) is -19.5. The van der Waals surface area contributed by atoms with Gasteiger partial charge in [0.2, 0.25) is 0 Å². The van der Waals surface area contributed by atoms with Crippen molar-refractivity contribution >= 4 is 6.09 Å². The second-order valence-corrected chi connectivity index (χ2v) is 6.59. The van der Waals surface area contributed by atoms with E-state index in [1.165, 1.54) is 0 Å². The van der Waals surface area contributed by atoms with E-state index in [-0.39, 0.29) is 12.2 Å². The summed E-state index contributed by atoms with van der Waals surface area (Å²) in [5.74, 6) is -0.796. The molecule has 2 rings (SSSR count). The molecule has 0 aromatic heterocycles. The summed E-state index contributed by atoms with van der Waals surface area (Å²) in [5, 5.41) is 22.3. The largest absolute Gasteiger partial charge is 0.445 e. The molecule has 12 heteroatoms. The highest BCUT2D eigenvalue weighted by molar-refractivity contribution is 5.67. The van der Waals surface area contributed by atoms with Crippen LogP contribution in [0.1, 0.15) is 17.2 Å². The van der Waals surface area contributed by atoms with Crippen molar-refractivity contribution in [1.82, 2.24) is 5.32 Å². The van der Waals surface area contributed by atoms with E-state index in [0.29, 0.717) is 0 Å². The molecule has 0 heterocycles. The molecule has 6 nitrogen and oxygen atoms in total. The second kappa shape index (κ2) is 10.6. The molecular weight excluding hydrogens is 448 g/mol. The van der Waals surface area contributed by atoms with Crippen LogP contribution in [0.3, 0.4) is 0 Å². The smallest absolute Gasteiger partial charge is 0.439 e. The van der Waals surface area contributed by atoms with Crippen molar-refractivity contribution in [3.05, 3.63) is 65.7 Å². The molecule has 0 aliphatic rings. The Morgan fingerprint density at radius 2 is 1.56 bits per heavy atom. The van der Waals surface area contributed by atoms with E-state index in [2.05, 4.69) is 10.1 Å². The quantitative estimate of drug-likeness (QED) is 0.488. The summed E-state index contributed by atoms with van der Waals surface area (Å²) >= 11 is 0. The third-order valence-corrected chi connectivity index (χ3v) is 4.09. The molecule has 0 aliphatic heterocycles. The lowest BCUT2D eigenvalue weighted by molar-refractivity contribution is -0.304. The van der Waals surface area contributed by atoms with Gasteiger partial charge in [0.05, 0.1) is 0 Å². The first-order valence-electron chi connectivity index (χ1n) is 9.08. The van der Waals surface area contributed by atoms with Crippen LogP contribution in [0.5, 0.6) is 5.75 Å². The number of benzene rings is 2. The summed E-state index contributed by atoms with van der Waals surface area (Å²) < 4.78 is 84.5. The van der Waals surface area contributed by atoms with Crippen molar-refractivity contribution in [3.8, 4) is 5.75 Å². The number of carbonyl (C=O) groups is 1. The molecule has 0 saturated carbocycles. The first-order valence-corrected chi connectivity index (χ1v) is 9.08. The van der Waals surface area contributed by atoms with Crippen molar-refractivity contribution in [2.24, 2.45) is 0 Å². The van der Waals surface area contributed by atoms with E-state index in [1.54, 1.807) is 30.3 Å². The Hall–Kier alpha value is -2.99. The number of aliphatic hydroxyl groups excluding tert-OH is 2. The highest BCUT2D eigenvalue weighted by Crippen LogP contribution is 2.36. The summed E-state index contributed by atoms with van der Waals surface area (Å²) in [6.45, 7) is -0.453. The van der Waals surface area contributed by atoms with E-state index >= 15 is 0 Å². The third kappa shape index (κ3) is 7.31. The Labute approximate surface area is 178 Å². The van der Waals surface area contributed by atoms with Crippen molar-refractivity contribution < 1.29 is 50.8 Å². The van der Waals surface area contributed by atoms with Crippen LogP contribution >= 0.6 is 0 Å². The number of carbonyl (C=O) groups excluding carboxylic acids is 1. The maximum absolute atomic E-state index is 13.3. The zero-order valence-electron chi connectivity index (χ0n) is 16.2. The maximum atomic E-state index is 13.3. The minimum atomic E-state index is -5.82. The average molecular weight is 467 g/mol. The Morgan fingerprint density at radius 3 is 2.12 bits per heavy atom. The first kappa shape index (κ1) is 25.3. The van der Waals surface area contributed by atoms with Gasteiger partial charge in [-0.15, -0.1) is 0 Å². The van der Waals surface area contributed by atoms with E-state index < -0.39 is 49.1 Å². The molecule has 0 spiro atoms. The van der Waals surface area contributed by atoms with Crippen LogP contribution in [-0.4, -0.2) is 47.4 Å². The standard InChI is InChI=1S/C20H19F6NO5/c21-17(19(22,23)24)20(25,26)32-14-8-6-13(7-9-14)16(29)15(28)10-27-18(30)31-11-12-4-2-1-3-5-12/h1-9,15-17,28-29H,10-11H2,(H,27,30)/t15?,16?,17-/m1/s1. The molecule has 0 fully saturated rings. The number of nitrogens with one attached hydrogen (secondary N) is 1. The Bertz CT molecular complexity index is 863. The van der Waals surface area contributed by atoms with Gasteiger partial charge in [-0.2, -0.15) is 22.0 Å². The fraction of sp³-hybridized carbons (Fsp3) is 0.350. The van der Waals surface area contributed by atoms with Crippen molar-refractivity contribution in [2.45, 2.75) is 37.3 Å². The lowest BCUT2D eigenvalue weighted by atomic mass is 10.0. The number of rotatable bonds is 9. The maximum Gasteiger partial charge on any atom is 0.439 e. The molecule has 0 aliphatic carbocycles. The minimum absolute atomic E-state index is 0.0223. The third-order valence-electron chi connectivity index (χ3n) is 4.09. The SMILES string of the molecule is O=C(NCC(O)C(O)c1ccc(OC(F)(F)[C@H](F)C(F)(F)F)cc1)OCc1ccccc1. The number of alkyl halides is 6. The van der Waals surface area contributed by atoms with Gasteiger partial charge in [0.25, 0.3) is 6.17 Å². The van der Waals surface area contributed by atoms with Crippen molar-refractivity contribution in [1.29, 1.82) is 0 Å². The van der Waals surface area contributed by atoms with Crippen LogP contribution < -0.4 is 10.1 Å². The van der Waals surface area contributed by atoms with Crippen LogP contribution in [0.25, 0.3) is 0 Å². The monoisotopic (exact) mass is 467 g/mol. The summed E-state index contributed by atoms with van der Waals surface area (Å²) in [4.78, 5) is 11.7. The lowest BCUT2D eigenvalue weighted by Gasteiger charge is -2.23. The van der Waals surface area contributed by atoms with Crippen LogP contribution in [0, 0.1) is 0 Å². The Balaban J connectivity index is 1.85. The highest BCUT2D eigenvalue weighted by Gasteiger charge is 2.59. The topological polar surface area (TPSA) is 88.0 Å². The molecule has 3 atom stereocenters. The van der Waals surface area contributed by atoms with E-state index in [9.17, 15) is 41.4 Å². The molecule has 2 unspecified atom stereocenters. The van der Waals surface area contributed by atoms with E-state index in [4.69, 9.17) is 4.74 Å². The number of alkyl carbamates (subject to hydrolysis) is 1. The van der Waals surface area contributed by atoms with Crippen molar-refractivity contribution in [3.63, 3.8) is 0 Å². The number of hydrogen-bond donors (Lipinski definition) is 3. The van der Waals surface area contributed by atoms with E-state index in [0.717, 1.165) is 29.8 Å². The highest BCUT2D eigenvalue weighted by atomic mass is 19.4. The molecule has 0 saturated heterocycles. The Kier molecular flexibility index (Phi) is 8.33. The molecule has 2 aromatic carbocycles. The van der Waals surface area contributed by atoms with Gasteiger partial charge in [0.1, 0.15) is 24.6 Å². The zero-order chi connectivity index (χ0) is 23.9. The summed E-state index contributed by atoms with van der Waals surface area (Å²) in [6, 6.07) is 12.2. The molecule has 176 valence electrons. The fourth-order valence-corrected chi connectivity index (χ4v) is 2.43. The predicted molar refractivity (Wildman–Crippen MR) is 98.6 cm³/mol. The number of hydrogen-bond acceptors (Lipinski definition) is 5. The Morgan fingerprint density at radius 1 is 0.969 bits per heavy atom. The van der Waals surface area contributed by atoms with Crippen LogP contribution in [0.15, 0.2) is 54.6 Å². The number of ether oxygens (including phenoxy) is 2. The number of amides is 1. The van der Waals surface area contributed by atoms with Gasteiger partial charge in [-0.1, -0.05) is 42.5 Å². The summed E-state index contributed by atoms with van der Waals surface area (Å²) in [5.41, 5.74) is 0.700. The zero-order valence-corrected chi connectivity index (χ0v) is 16.2. The van der Waals surface area contributed by atoms with Gasteiger partial charge in [-0.05, 0) is 23.3 Å². The second-order valence-electron chi connectivity index (χ2n) is 6.59. The van der Waals surface area contributed by atoms with Gasteiger partial charge in [-0.25, -0.2) is 9.18 Å². The lowest BCUT2D eigenvalue weighted by Crippen LogP contribution is -2.45. The normalized spacial score (nSPS) is 14.9. The summed E-state index contributed by atoms with van der Waals surface area (Å²) in [7, 11) is 0. The molecule has 3 N–H and O–H groups in total. The van der Waals surface area contributed by atoms with Crippen LogP contribution in [0.4, 0.5) is 31.1 Å². The molecule has 32 heavy (non-hydrogen) atoms. The first-order chi connectivity index (χ1) is 14.9.